The van der Waals surface area contributed by atoms with E-state index >= 15 is 0 Å². The highest BCUT2D eigenvalue weighted by atomic mass is 19.4. The van der Waals surface area contributed by atoms with Crippen LogP contribution in [0.1, 0.15) is 18.0 Å². The topological polar surface area (TPSA) is 41.6 Å². The third-order valence-electron chi connectivity index (χ3n) is 2.67. The van der Waals surface area contributed by atoms with Crippen LogP contribution in [0, 0.1) is 0 Å². The molecule has 0 spiro atoms. The van der Waals surface area contributed by atoms with Gasteiger partial charge in [0, 0.05) is 6.42 Å². The van der Waals surface area contributed by atoms with Crippen molar-refractivity contribution >= 4 is 5.91 Å². The SMILES string of the molecule is O=C(N[C@H](CC1CO1)c1ccccc1)C(F)(F)F. The summed E-state index contributed by atoms with van der Waals surface area (Å²) in [5, 5.41) is 2.00. The van der Waals surface area contributed by atoms with Crippen molar-refractivity contribution in [2.75, 3.05) is 6.61 Å². The molecule has 1 saturated heterocycles. The summed E-state index contributed by atoms with van der Waals surface area (Å²) in [5.41, 5.74) is 0.644. The Morgan fingerprint density at radius 2 is 2.00 bits per heavy atom. The fourth-order valence-electron chi connectivity index (χ4n) is 1.67. The Kier molecular flexibility index (Phi) is 3.56. The molecule has 0 bridgehead atoms. The van der Waals surface area contributed by atoms with Crippen LogP contribution in [0.5, 0.6) is 0 Å². The van der Waals surface area contributed by atoms with Crippen LogP contribution in [-0.2, 0) is 9.53 Å². The molecule has 0 aromatic heterocycles. The molecule has 3 nitrogen and oxygen atoms in total. The van der Waals surface area contributed by atoms with Crippen LogP contribution in [-0.4, -0.2) is 24.8 Å². The minimum Gasteiger partial charge on any atom is -0.373 e. The Morgan fingerprint density at radius 3 is 2.50 bits per heavy atom. The molecule has 1 aromatic rings. The monoisotopic (exact) mass is 259 g/mol. The van der Waals surface area contributed by atoms with Gasteiger partial charge in [0.15, 0.2) is 0 Å². The fourth-order valence-corrected chi connectivity index (χ4v) is 1.67. The third kappa shape index (κ3) is 3.46. The Morgan fingerprint density at radius 1 is 1.39 bits per heavy atom. The zero-order valence-corrected chi connectivity index (χ0v) is 9.41. The van der Waals surface area contributed by atoms with Crippen molar-refractivity contribution in [1.82, 2.24) is 5.32 Å². The van der Waals surface area contributed by atoms with E-state index in [1.807, 2.05) is 5.32 Å². The molecule has 1 unspecified atom stereocenters. The molecule has 6 heteroatoms. The Bertz CT molecular complexity index is 415. The van der Waals surface area contributed by atoms with Crippen molar-refractivity contribution < 1.29 is 22.7 Å². The van der Waals surface area contributed by atoms with E-state index in [1.165, 1.54) is 0 Å². The number of carbonyl (C=O) groups excluding carboxylic acids is 1. The van der Waals surface area contributed by atoms with Crippen molar-refractivity contribution in [1.29, 1.82) is 0 Å². The predicted molar refractivity (Wildman–Crippen MR) is 57.7 cm³/mol. The number of benzene rings is 1. The van der Waals surface area contributed by atoms with Crippen LogP contribution in [0.4, 0.5) is 13.2 Å². The second-order valence-electron chi connectivity index (χ2n) is 4.13. The summed E-state index contributed by atoms with van der Waals surface area (Å²) < 4.78 is 41.7. The average Bonchev–Trinajstić information content (AvgIpc) is 3.12. The van der Waals surface area contributed by atoms with Crippen molar-refractivity contribution in [2.24, 2.45) is 0 Å². The lowest BCUT2D eigenvalue weighted by molar-refractivity contribution is -0.174. The van der Waals surface area contributed by atoms with E-state index in [-0.39, 0.29) is 6.10 Å². The number of rotatable bonds is 4. The molecular formula is C12H12F3NO2. The van der Waals surface area contributed by atoms with Gasteiger partial charge in [-0.1, -0.05) is 30.3 Å². The number of alkyl halides is 3. The molecule has 18 heavy (non-hydrogen) atoms. The highest BCUT2D eigenvalue weighted by Crippen LogP contribution is 2.27. The zero-order valence-electron chi connectivity index (χ0n) is 9.41. The number of amides is 1. The molecule has 1 amide bonds. The van der Waals surface area contributed by atoms with Gasteiger partial charge in [-0.3, -0.25) is 4.79 Å². The van der Waals surface area contributed by atoms with E-state index in [1.54, 1.807) is 30.3 Å². The van der Waals surface area contributed by atoms with Gasteiger partial charge in [-0.25, -0.2) is 0 Å². The van der Waals surface area contributed by atoms with Gasteiger partial charge in [-0.15, -0.1) is 0 Å². The standard InChI is InChI=1S/C12H12F3NO2/c13-12(14,15)11(17)16-10(6-9-7-18-9)8-4-2-1-3-5-8/h1-5,9-10H,6-7H2,(H,16,17)/t9?,10-/m1/s1. The van der Waals surface area contributed by atoms with Crippen LogP contribution in [0.25, 0.3) is 0 Å². The van der Waals surface area contributed by atoms with Crippen LogP contribution in [0.2, 0.25) is 0 Å². The minimum atomic E-state index is -4.86. The van der Waals surface area contributed by atoms with Crippen molar-refractivity contribution in [3.05, 3.63) is 35.9 Å². The predicted octanol–water partition coefficient (Wildman–Crippen LogP) is 2.20. The second kappa shape index (κ2) is 4.97. The van der Waals surface area contributed by atoms with Gasteiger partial charge in [0.2, 0.25) is 0 Å². The maximum atomic E-state index is 12.2. The van der Waals surface area contributed by atoms with Crippen molar-refractivity contribution in [3.63, 3.8) is 0 Å². The molecule has 1 aliphatic rings. The lowest BCUT2D eigenvalue weighted by atomic mass is 10.0. The summed E-state index contributed by atoms with van der Waals surface area (Å²) in [7, 11) is 0. The van der Waals surface area contributed by atoms with Gasteiger partial charge in [0.1, 0.15) is 0 Å². The van der Waals surface area contributed by atoms with Crippen LogP contribution in [0.3, 0.4) is 0 Å². The molecule has 2 rings (SSSR count). The van der Waals surface area contributed by atoms with Crippen LogP contribution >= 0.6 is 0 Å². The van der Waals surface area contributed by atoms with Gasteiger partial charge >= 0.3 is 12.1 Å². The van der Waals surface area contributed by atoms with Crippen molar-refractivity contribution in [3.8, 4) is 0 Å². The molecule has 1 heterocycles. The van der Waals surface area contributed by atoms with E-state index in [0.29, 0.717) is 18.6 Å². The van der Waals surface area contributed by atoms with Gasteiger partial charge < -0.3 is 10.1 Å². The number of epoxide rings is 1. The molecule has 1 N–H and O–H groups in total. The minimum absolute atomic E-state index is 0.0660. The molecule has 98 valence electrons. The van der Waals surface area contributed by atoms with Gasteiger partial charge in [0.25, 0.3) is 0 Å². The van der Waals surface area contributed by atoms with E-state index in [4.69, 9.17) is 4.74 Å². The smallest absolute Gasteiger partial charge is 0.373 e. The normalized spacial score (nSPS) is 20.3. The number of nitrogens with one attached hydrogen (secondary N) is 1. The molecule has 1 aliphatic heterocycles. The maximum Gasteiger partial charge on any atom is 0.471 e. The second-order valence-corrected chi connectivity index (χ2v) is 4.13. The summed E-state index contributed by atoms with van der Waals surface area (Å²) >= 11 is 0. The Balaban J connectivity index is 2.08. The van der Waals surface area contributed by atoms with E-state index in [9.17, 15) is 18.0 Å². The molecule has 1 fully saturated rings. The first-order chi connectivity index (χ1) is 8.47. The third-order valence-corrected chi connectivity index (χ3v) is 2.67. The number of ether oxygens (including phenoxy) is 1. The lowest BCUT2D eigenvalue weighted by Gasteiger charge is -2.19. The molecule has 1 aromatic carbocycles. The first kappa shape index (κ1) is 12.9. The first-order valence-electron chi connectivity index (χ1n) is 5.51. The van der Waals surface area contributed by atoms with Gasteiger partial charge in [-0.2, -0.15) is 13.2 Å². The highest BCUT2D eigenvalue weighted by Gasteiger charge is 2.40. The van der Waals surface area contributed by atoms with E-state index in [2.05, 4.69) is 0 Å². The molecule has 0 aliphatic carbocycles. The highest BCUT2D eigenvalue weighted by molar-refractivity contribution is 5.82. The molecule has 0 radical (unpaired) electrons. The maximum absolute atomic E-state index is 12.2. The first-order valence-corrected chi connectivity index (χ1v) is 5.51. The molecule has 0 saturated carbocycles. The molecular weight excluding hydrogens is 247 g/mol. The average molecular weight is 259 g/mol. The van der Waals surface area contributed by atoms with Crippen LogP contribution in [0.15, 0.2) is 30.3 Å². The molecule has 2 atom stereocenters. The number of hydrogen-bond donors (Lipinski definition) is 1. The zero-order chi connectivity index (χ0) is 13.2. The summed E-state index contributed by atoms with van der Waals surface area (Å²) in [6.07, 6.45) is -4.58. The lowest BCUT2D eigenvalue weighted by Crippen LogP contribution is -2.39. The quantitative estimate of drug-likeness (QED) is 0.842. The summed E-state index contributed by atoms with van der Waals surface area (Å²) in [5.74, 6) is -1.92. The Labute approximate surface area is 102 Å². The van der Waals surface area contributed by atoms with E-state index < -0.39 is 18.1 Å². The number of halogens is 3. The fraction of sp³-hybridized carbons (Fsp3) is 0.417. The van der Waals surface area contributed by atoms with E-state index in [0.717, 1.165) is 0 Å². The summed E-state index contributed by atoms with van der Waals surface area (Å²) in [6, 6.07) is 7.89. The van der Waals surface area contributed by atoms with Gasteiger partial charge in [0.05, 0.1) is 18.8 Å². The summed E-state index contributed by atoms with van der Waals surface area (Å²) in [6.45, 7) is 0.533. The summed E-state index contributed by atoms with van der Waals surface area (Å²) in [4.78, 5) is 11.0. The Hall–Kier alpha value is -1.56. The van der Waals surface area contributed by atoms with Crippen LogP contribution < -0.4 is 5.32 Å². The van der Waals surface area contributed by atoms with Gasteiger partial charge in [-0.05, 0) is 5.56 Å². The number of hydrogen-bond acceptors (Lipinski definition) is 2. The largest absolute Gasteiger partial charge is 0.471 e. The number of carbonyl (C=O) groups is 1. The van der Waals surface area contributed by atoms with Crippen molar-refractivity contribution in [2.45, 2.75) is 24.7 Å².